The third-order valence-corrected chi connectivity index (χ3v) is 3.99. The summed E-state index contributed by atoms with van der Waals surface area (Å²) in [4.78, 5) is 0. The molecule has 0 aliphatic rings. The van der Waals surface area contributed by atoms with E-state index in [4.69, 9.17) is 9.47 Å². The number of hydrogen-bond acceptors (Lipinski definition) is 3. The Morgan fingerprint density at radius 1 is 1.10 bits per heavy atom. The first-order valence-corrected chi connectivity index (χ1v) is 7.87. The molecule has 1 aromatic carbocycles. The highest BCUT2D eigenvalue weighted by atomic mass is 16.5. The van der Waals surface area contributed by atoms with Gasteiger partial charge in [-0.05, 0) is 55.5 Å². The summed E-state index contributed by atoms with van der Waals surface area (Å²) >= 11 is 0. The zero-order valence-corrected chi connectivity index (χ0v) is 14.6. The van der Waals surface area contributed by atoms with Crippen molar-refractivity contribution in [2.75, 3.05) is 20.8 Å². The predicted molar refractivity (Wildman–Crippen MR) is 89.1 cm³/mol. The lowest BCUT2D eigenvalue weighted by molar-refractivity contribution is 0.0324. The maximum Gasteiger partial charge on any atom is 0.122 e. The standard InChI is InChI=1S/C18H31NO2/c1-8-9-19-17(18(21-7)12(2)3)15-10-14(5)16(20-6)11-13(15)4/h10-12,17-19H,8-9H2,1-7H3. The fourth-order valence-corrected chi connectivity index (χ4v) is 2.86. The molecule has 0 amide bonds. The second kappa shape index (κ2) is 8.40. The molecule has 0 saturated heterocycles. The number of hydrogen-bond donors (Lipinski definition) is 1. The molecule has 0 aliphatic heterocycles. The fraction of sp³-hybridized carbons (Fsp3) is 0.667. The molecular weight excluding hydrogens is 262 g/mol. The summed E-state index contributed by atoms with van der Waals surface area (Å²) in [5.41, 5.74) is 3.72. The molecule has 2 atom stereocenters. The van der Waals surface area contributed by atoms with Crippen LogP contribution in [0.25, 0.3) is 0 Å². The van der Waals surface area contributed by atoms with Crippen molar-refractivity contribution < 1.29 is 9.47 Å². The van der Waals surface area contributed by atoms with Gasteiger partial charge in [0.15, 0.2) is 0 Å². The van der Waals surface area contributed by atoms with Crippen LogP contribution in [-0.2, 0) is 4.74 Å². The van der Waals surface area contributed by atoms with E-state index >= 15 is 0 Å². The number of aryl methyl sites for hydroxylation is 2. The van der Waals surface area contributed by atoms with Gasteiger partial charge in [-0.2, -0.15) is 0 Å². The molecule has 21 heavy (non-hydrogen) atoms. The van der Waals surface area contributed by atoms with Crippen molar-refractivity contribution in [1.82, 2.24) is 5.32 Å². The van der Waals surface area contributed by atoms with E-state index in [-0.39, 0.29) is 12.1 Å². The average molecular weight is 293 g/mol. The molecule has 2 unspecified atom stereocenters. The lowest BCUT2D eigenvalue weighted by Crippen LogP contribution is -2.37. The van der Waals surface area contributed by atoms with Crippen molar-refractivity contribution in [1.29, 1.82) is 0 Å². The second-order valence-corrected chi connectivity index (χ2v) is 6.05. The minimum absolute atomic E-state index is 0.156. The van der Waals surface area contributed by atoms with Crippen LogP contribution in [-0.4, -0.2) is 26.9 Å². The van der Waals surface area contributed by atoms with Crippen molar-refractivity contribution in [3.63, 3.8) is 0 Å². The number of rotatable bonds is 8. The quantitative estimate of drug-likeness (QED) is 0.785. The van der Waals surface area contributed by atoms with Gasteiger partial charge in [0.05, 0.1) is 19.3 Å². The van der Waals surface area contributed by atoms with Crippen LogP contribution in [0.4, 0.5) is 0 Å². The first kappa shape index (κ1) is 18.0. The van der Waals surface area contributed by atoms with Crippen molar-refractivity contribution >= 4 is 0 Å². The second-order valence-electron chi connectivity index (χ2n) is 6.05. The molecule has 0 aliphatic carbocycles. The van der Waals surface area contributed by atoms with Crippen molar-refractivity contribution in [2.45, 2.75) is 53.2 Å². The van der Waals surface area contributed by atoms with E-state index in [2.05, 4.69) is 52.1 Å². The molecule has 0 saturated carbocycles. The molecule has 0 aromatic heterocycles. The van der Waals surface area contributed by atoms with E-state index < -0.39 is 0 Å². The highest BCUT2D eigenvalue weighted by Gasteiger charge is 2.27. The predicted octanol–water partition coefficient (Wildman–Crippen LogP) is 4.02. The number of ether oxygens (including phenoxy) is 2. The molecule has 0 fully saturated rings. The maximum absolute atomic E-state index is 5.78. The van der Waals surface area contributed by atoms with Gasteiger partial charge in [0, 0.05) is 7.11 Å². The number of nitrogens with one attached hydrogen (secondary N) is 1. The maximum atomic E-state index is 5.78. The Hall–Kier alpha value is -1.06. The summed E-state index contributed by atoms with van der Waals surface area (Å²) in [5.74, 6) is 1.40. The van der Waals surface area contributed by atoms with E-state index in [1.165, 1.54) is 16.7 Å². The zero-order valence-electron chi connectivity index (χ0n) is 14.6. The minimum Gasteiger partial charge on any atom is -0.496 e. The third kappa shape index (κ3) is 4.45. The zero-order chi connectivity index (χ0) is 16.0. The summed E-state index contributed by atoms with van der Waals surface area (Å²) in [6.45, 7) is 11.8. The lowest BCUT2D eigenvalue weighted by Gasteiger charge is -2.32. The lowest BCUT2D eigenvalue weighted by atomic mass is 9.89. The first-order valence-electron chi connectivity index (χ1n) is 7.87. The van der Waals surface area contributed by atoms with E-state index in [0.29, 0.717) is 5.92 Å². The smallest absolute Gasteiger partial charge is 0.122 e. The van der Waals surface area contributed by atoms with Gasteiger partial charge in [-0.15, -0.1) is 0 Å². The largest absolute Gasteiger partial charge is 0.496 e. The highest BCUT2D eigenvalue weighted by Crippen LogP contribution is 2.31. The molecule has 3 nitrogen and oxygen atoms in total. The van der Waals surface area contributed by atoms with Crippen LogP contribution in [0.2, 0.25) is 0 Å². The summed E-state index contributed by atoms with van der Waals surface area (Å²) < 4.78 is 11.2. The minimum atomic E-state index is 0.156. The summed E-state index contributed by atoms with van der Waals surface area (Å²) in [6.07, 6.45) is 1.27. The molecule has 1 rings (SSSR count). The van der Waals surface area contributed by atoms with E-state index in [9.17, 15) is 0 Å². The fourth-order valence-electron chi connectivity index (χ4n) is 2.86. The van der Waals surface area contributed by atoms with Crippen molar-refractivity contribution in [3.05, 3.63) is 28.8 Å². The Kier molecular flexibility index (Phi) is 7.20. The molecular formula is C18H31NO2. The number of benzene rings is 1. The van der Waals surface area contributed by atoms with Crippen LogP contribution in [0, 0.1) is 19.8 Å². The summed E-state index contributed by atoms with van der Waals surface area (Å²) in [6, 6.07) is 4.56. The molecule has 0 heterocycles. The number of methoxy groups -OCH3 is 2. The van der Waals surface area contributed by atoms with Gasteiger partial charge < -0.3 is 14.8 Å². The van der Waals surface area contributed by atoms with Crippen LogP contribution >= 0.6 is 0 Å². The monoisotopic (exact) mass is 293 g/mol. The van der Waals surface area contributed by atoms with Gasteiger partial charge in [0.2, 0.25) is 0 Å². The van der Waals surface area contributed by atoms with Crippen LogP contribution < -0.4 is 10.1 Å². The van der Waals surface area contributed by atoms with Crippen LogP contribution in [0.5, 0.6) is 5.75 Å². The molecule has 1 N–H and O–H groups in total. The molecule has 0 bridgehead atoms. The van der Waals surface area contributed by atoms with Gasteiger partial charge >= 0.3 is 0 Å². The van der Waals surface area contributed by atoms with Crippen molar-refractivity contribution in [3.8, 4) is 5.75 Å². The highest BCUT2D eigenvalue weighted by molar-refractivity contribution is 5.43. The molecule has 0 radical (unpaired) electrons. The Morgan fingerprint density at radius 2 is 1.76 bits per heavy atom. The van der Waals surface area contributed by atoms with Gasteiger partial charge in [-0.25, -0.2) is 0 Å². The van der Waals surface area contributed by atoms with E-state index in [0.717, 1.165) is 18.7 Å². The molecule has 120 valence electrons. The Balaban J connectivity index is 3.21. The van der Waals surface area contributed by atoms with E-state index in [1.54, 1.807) is 14.2 Å². The summed E-state index contributed by atoms with van der Waals surface area (Å²) in [7, 11) is 3.53. The molecule has 1 aromatic rings. The van der Waals surface area contributed by atoms with Gasteiger partial charge in [-0.1, -0.05) is 26.8 Å². The first-order chi connectivity index (χ1) is 9.96. The molecule has 0 spiro atoms. The topological polar surface area (TPSA) is 30.5 Å². The van der Waals surface area contributed by atoms with Crippen LogP contribution in [0.1, 0.15) is 49.9 Å². The van der Waals surface area contributed by atoms with Crippen LogP contribution in [0.3, 0.4) is 0 Å². The van der Waals surface area contributed by atoms with Gasteiger partial charge in [0.1, 0.15) is 5.75 Å². The normalized spacial score (nSPS) is 14.3. The van der Waals surface area contributed by atoms with Gasteiger partial charge in [-0.3, -0.25) is 0 Å². The van der Waals surface area contributed by atoms with Crippen molar-refractivity contribution in [2.24, 2.45) is 5.92 Å². The Labute approximate surface area is 130 Å². The summed E-state index contributed by atoms with van der Waals surface area (Å²) in [5, 5.41) is 3.66. The SMILES string of the molecule is CCCNC(c1cc(C)c(OC)cc1C)C(OC)C(C)C. The Bertz CT molecular complexity index is 443. The average Bonchev–Trinajstić information content (AvgIpc) is 2.45. The Morgan fingerprint density at radius 3 is 2.24 bits per heavy atom. The third-order valence-electron chi connectivity index (χ3n) is 3.99. The van der Waals surface area contributed by atoms with Crippen LogP contribution in [0.15, 0.2) is 12.1 Å². The van der Waals surface area contributed by atoms with Gasteiger partial charge in [0.25, 0.3) is 0 Å². The molecule has 3 heteroatoms. The van der Waals surface area contributed by atoms with E-state index in [1.807, 2.05) is 0 Å².